The van der Waals surface area contributed by atoms with Crippen molar-refractivity contribution in [2.75, 3.05) is 6.61 Å². The minimum absolute atomic E-state index is 0.0609. The quantitative estimate of drug-likeness (QED) is 0.238. The van der Waals surface area contributed by atoms with Gasteiger partial charge in [-0.25, -0.2) is 8.78 Å². The summed E-state index contributed by atoms with van der Waals surface area (Å²) < 4.78 is 34.4. The van der Waals surface area contributed by atoms with Crippen LogP contribution in [-0.4, -0.2) is 22.2 Å². The van der Waals surface area contributed by atoms with Crippen molar-refractivity contribution in [3.8, 4) is 27.4 Å². The van der Waals surface area contributed by atoms with E-state index in [9.17, 15) is 18.4 Å². The maximum atomic E-state index is 13.6. The lowest BCUT2D eigenvalue weighted by Gasteiger charge is -2.11. The van der Waals surface area contributed by atoms with Gasteiger partial charge in [0.1, 0.15) is 17.4 Å². The van der Waals surface area contributed by atoms with Gasteiger partial charge in [-0.05, 0) is 84.5 Å². The number of hydrogen-bond acceptors (Lipinski definition) is 4. The number of hydrogen-bond donors (Lipinski definition) is 1. The van der Waals surface area contributed by atoms with Crippen LogP contribution >= 0.6 is 11.3 Å². The third kappa shape index (κ3) is 6.46. The first kappa shape index (κ1) is 25.3. The second kappa shape index (κ2) is 11.8. The molecule has 0 fully saturated rings. The molecule has 8 heteroatoms. The van der Waals surface area contributed by atoms with Crippen LogP contribution in [0.3, 0.4) is 0 Å². The van der Waals surface area contributed by atoms with Crippen molar-refractivity contribution in [1.29, 1.82) is 0 Å². The number of carboxylic acid groups (broad SMARTS) is 1. The number of thiazole rings is 1. The zero-order valence-electron chi connectivity index (χ0n) is 19.5. The van der Waals surface area contributed by atoms with Crippen LogP contribution < -0.4 is 9.61 Å². The van der Waals surface area contributed by atoms with Crippen LogP contribution in [0.1, 0.15) is 24.8 Å². The fourth-order valence-corrected chi connectivity index (χ4v) is 4.99. The van der Waals surface area contributed by atoms with Gasteiger partial charge in [-0.15, -0.1) is 0 Å². The van der Waals surface area contributed by atoms with E-state index < -0.39 is 5.97 Å². The highest BCUT2D eigenvalue weighted by atomic mass is 32.1. The molecule has 0 amide bonds. The summed E-state index contributed by atoms with van der Waals surface area (Å²) in [6.45, 7) is 0.778. The van der Waals surface area contributed by atoms with Crippen molar-refractivity contribution in [3.05, 3.63) is 99.7 Å². The molecule has 0 aliphatic carbocycles. The zero-order valence-corrected chi connectivity index (χ0v) is 20.3. The number of rotatable bonds is 11. The molecule has 0 atom stereocenters. The number of aryl methyl sites for hydroxylation is 1. The van der Waals surface area contributed by atoms with Crippen molar-refractivity contribution < 1.29 is 23.4 Å². The van der Waals surface area contributed by atoms with Gasteiger partial charge in [0.05, 0.1) is 17.2 Å². The smallest absolute Gasteiger partial charge is 0.308 e. The van der Waals surface area contributed by atoms with Crippen molar-refractivity contribution in [1.82, 2.24) is 4.57 Å². The largest absolute Gasteiger partial charge is 0.494 e. The van der Waals surface area contributed by atoms with Crippen molar-refractivity contribution in [3.63, 3.8) is 0 Å². The molecule has 0 spiro atoms. The van der Waals surface area contributed by atoms with Gasteiger partial charge in [0.15, 0.2) is 0 Å². The number of aromatic nitrogens is 1. The van der Waals surface area contributed by atoms with E-state index in [4.69, 9.17) is 9.84 Å². The molecule has 1 aromatic heterocycles. The fourth-order valence-electron chi connectivity index (χ4n) is 3.94. The molecule has 0 aliphatic rings. The normalized spacial score (nSPS) is 10.9. The summed E-state index contributed by atoms with van der Waals surface area (Å²) in [4.78, 5) is 24.2. The highest BCUT2D eigenvalue weighted by Gasteiger charge is 2.18. The number of halogens is 2. The van der Waals surface area contributed by atoms with Gasteiger partial charge in [-0.1, -0.05) is 35.6 Å². The summed E-state index contributed by atoms with van der Waals surface area (Å²) in [6, 6.07) is 19.6. The molecule has 1 heterocycles. The summed E-state index contributed by atoms with van der Waals surface area (Å²) in [5, 5.41) is 8.74. The molecular formula is C28H25F2NO4S. The van der Waals surface area contributed by atoms with Crippen molar-refractivity contribution >= 4 is 17.3 Å². The second-order valence-electron chi connectivity index (χ2n) is 8.31. The van der Waals surface area contributed by atoms with E-state index in [0.29, 0.717) is 54.3 Å². The van der Waals surface area contributed by atoms with Crippen molar-refractivity contribution in [2.24, 2.45) is 0 Å². The van der Waals surface area contributed by atoms with E-state index in [-0.39, 0.29) is 22.9 Å². The number of aliphatic carboxylic acids is 1. The predicted molar refractivity (Wildman–Crippen MR) is 136 cm³/mol. The topological polar surface area (TPSA) is 68.5 Å². The zero-order chi connectivity index (χ0) is 25.5. The van der Waals surface area contributed by atoms with E-state index in [0.717, 1.165) is 22.5 Å². The van der Waals surface area contributed by atoms with Crippen molar-refractivity contribution in [2.45, 2.75) is 32.2 Å². The third-order valence-corrected chi connectivity index (χ3v) is 6.70. The van der Waals surface area contributed by atoms with Crippen LogP contribution in [0.25, 0.3) is 21.7 Å². The lowest BCUT2D eigenvalue weighted by Crippen LogP contribution is -2.15. The molecule has 0 saturated carbocycles. The Bertz CT molecular complexity index is 1380. The van der Waals surface area contributed by atoms with Gasteiger partial charge in [0, 0.05) is 13.0 Å². The molecule has 186 valence electrons. The minimum atomic E-state index is -0.849. The van der Waals surface area contributed by atoms with E-state index in [1.54, 1.807) is 28.8 Å². The van der Waals surface area contributed by atoms with Crippen LogP contribution in [0.5, 0.6) is 5.75 Å². The highest BCUT2D eigenvalue weighted by molar-refractivity contribution is 7.13. The molecular weight excluding hydrogens is 484 g/mol. The lowest BCUT2D eigenvalue weighted by atomic mass is 10.1. The molecule has 0 saturated heterocycles. The molecule has 0 aliphatic heterocycles. The monoisotopic (exact) mass is 509 g/mol. The number of ether oxygens (including phenoxy) is 1. The molecule has 4 aromatic rings. The van der Waals surface area contributed by atoms with E-state index in [1.165, 1.54) is 24.3 Å². The maximum Gasteiger partial charge on any atom is 0.308 e. The number of carbonyl (C=O) groups is 1. The summed E-state index contributed by atoms with van der Waals surface area (Å²) in [6.07, 6.45) is 1.87. The molecule has 4 rings (SSSR count). The van der Waals surface area contributed by atoms with Gasteiger partial charge >= 0.3 is 10.8 Å². The third-order valence-electron chi connectivity index (χ3n) is 5.67. The average Bonchev–Trinajstić information content (AvgIpc) is 3.19. The standard InChI is InChI=1S/C28H25F2NO4S/c29-22-12-8-20(9-13-22)26-27(21-10-14-23(30)15-11-21)36-28(34)31(26)16-2-5-19-4-1-6-24(18-19)35-17-3-7-25(32)33/h1,4,6,8-15,18H,2-3,5,7,16-17H2,(H,32,33). The van der Waals surface area contributed by atoms with Gasteiger partial charge < -0.3 is 9.84 Å². The summed E-state index contributed by atoms with van der Waals surface area (Å²) in [7, 11) is 0. The molecule has 5 nitrogen and oxygen atoms in total. The summed E-state index contributed by atoms with van der Waals surface area (Å²) in [5.41, 5.74) is 3.17. The first-order chi connectivity index (χ1) is 17.4. The number of benzene rings is 3. The minimum Gasteiger partial charge on any atom is -0.494 e. The average molecular weight is 510 g/mol. The first-order valence-corrected chi connectivity index (χ1v) is 12.4. The van der Waals surface area contributed by atoms with Gasteiger partial charge in [0.2, 0.25) is 0 Å². The van der Waals surface area contributed by atoms with Crippen LogP contribution in [0.15, 0.2) is 77.6 Å². The summed E-state index contributed by atoms with van der Waals surface area (Å²) in [5.74, 6) is -0.895. The first-order valence-electron chi connectivity index (χ1n) is 11.6. The SMILES string of the molecule is O=C(O)CCCOc1cccc(CCCn2c(-c3ccc(F)cc3)c(-c3ccc(F)cc3)sc2=O)c1. The number of carboxylic acids is 1. The Morgan fingerprint density at radius 3 is 2.25 bits per heavy atom. The molecule has 0 unspecified atom stereocenters. The Hall–Kier alpha value is -3.78. The van der Waals surface area contributed by atoms with Crippen LogP contribution in [0.2, 0.25) is 0 Å². The summed E-state index contributed by atoms with van der Waals surface area (Å²) >= 11 is 1.09. The molecule has 3 aromatic carbocycles. The Kier molecular flexibility index (Phi) is 8.28. The Morgan fingerprint density at radius 1 is 0.917 bits per heavy atom. The maximum absolute atomic E-state index is 13.6. The highest BCUT2D eigenvalue weighted by Crippen LogP contribution is 2.35. The van der Waals surface area contributed by atoms with Gasteiger partial charge in [-0.2, -0.15) is 0 Å². The predicted octanol–water partition coefficient (Wildman–Crippen LogP) is 6.40. The van der Waals surface area contributed by atoms with Crippen LogP contribution in [-0.2, 0) is 17.8 Å². The molecule has 0 radical (unpaired) electrons. The van der Waals surface area contributed by atoms with E-state index >= 15 is 0 Å². The van der Waals surface area contributed by atoms with Crippen LogP contribution in [0.4, 0.5) is 8.78 Å². The molecule has 1 N–H and O–H groups in total. The Balaban J connectivity index is 1.52. The van der Waals surface area contributed by atoms with Gasteiger partial charge in [0.25, 0.3) is 0 Å². The second-order valence-corrected chi connectivity index (χ2v) is 9.27. The Morgan fingerprint density at radius 2 is 1.58 bits per heavy atom. The lowest BCUT2D eigenvalue weighted by molar-refractivity contribution is -0.137. The fraction of sp³-hybridized carbons (Fsp3) is 0.214. The van der Waals surface area contributed by atoms with E-state index in [2.05, 4.69) is 0 Å². The molecule has 0 bridgehead atoms. The van der Waals surface area contributed by atoms with Crippen LogP contribution in [0, 0.1) is 11.6 Å². The Labute approximate surface area is 211 Å². The number of nitrogens with zero attached hydrogens (tertiary/aromatic N) is 1. The van der Waals surface area contributed by atoms with E-state index in [1.807, 2.05) is 24.3 Å². The molecule has 36 heavy (non-hydrogen) atoms. The van der Waals surface area contributed by atoms with Gasteiger partial charge in [-0.3, -0.25) is 14.2 Å².